The van der Waals surface area contributed by atoms with Gasteiger partial charge in [0.25, 0.3) is 5.91 Å². The van der Waals surface area contributed by atoms with Crippen LogP contribution >= 0.6 is 0 Å². The molecule has 1 unspecified atom stereocenters. The molecule has 0 saturated carbocycles. The minimum Gasteiger partial charge on any atom is -0.349 e. The molecule has 17 heavy (non-hydrogen) atoms. The number of nitrogens with one attached hydrogen (secondary N) is 2. The van der Waals surface area contributed by atoms with Gasteiger partial charge in [-0.15, -0.1) is 0 Å². The predicted octanol–water partition coefficient (Wildman–Crippen LogP) is 0.932. The normalized spacial score (nSPS) is 20.7. The fourth-order valence-electron chi connectivity index (χ4n) is 2.38. The largest absolute Gasteiger partial charge is 0.349 e. The Morgan fingerprint density at radius 1 is 1.71 bits per heavy atom. The second kappa shape index (κ2) is 5.31. The number of likely N-dealkylation sites (tertiary alicyclic amines) is 1. The summed E-state index contributed by atoms with van der Waals surface area (Å²) in [6.07, 6.45) is 2.41. The van der Waals surface area contributed by atoms with Crippen LogP contribution in [0.5, 0.6) is 0 Å². The van der Waals surface area contributed by atoms with Crippen molar-refractivity contribution in [2.45, 2.75) is 32.7 Å². The second-order valence-corrected chi connectivity index (χ2v) is 4.57. The van der Waals surface area contributed by atoms with E-state index < -0.39 is 0 Å². The Kier molecular flexibility index (Phi) is 3.78. The minimum atomic E-state index is -0.0858. The summed E-state index contributed by atoms with van der Waals surface area (Å²) >= 11 is 0. The molecule has 1 aliphatic heterocycles. The number of rotatable bonds is 4. The van der Waals surface area contributed by atoms with Crippen molar-refractivity contribution in [2.75, 3.05) is 19.6 Å². The Hall–Kier alpha value is -1.36. The standard InChI is InChI=1S/C12H20N4O/c1-3-16-6-4-5-10(16)8-13-12(17)11-7-9(2)14-15-11/h7,10H,3-6,8H2,1-2H3,(H,13,17)(H,14,15). The lowest BCUT2D eigenvalue weighted by molar-refractivity contribution is 0.0936. The number of aromatic nitrogens is 2. The molecule has 0 aliphatic carbocycles. The van der Waals surface area contributed by atoms with Crippen LogP contribution in [0.1, 0.15) is 35.9 Å². The number of H-pyrrole nitrogens is 1. The Morgan fingerprint density at radius 2 is 2.53 bits per heavy atom. The first kappa shape index (κ1) is 12.1. The molecule has 1 aromatic heterocycles. The molecular weight excluding hydrogens is 216 g/mol. The zero-order valence-corrected chi connectivity index (χ0v) is 10.5. The van der Waals surface area contributed by atoms with Crippen LogP contribution in [0.15, 0.2) is 6.07 Å². The summed E-state index contributed by atoms with van der Waals surface area (Å²) in [5.41, 5.74) is 1.38. The van der Waals surface area contributed by atoms with Crippen LogP contribution in [0, 0.1) is 6.92 Å². The molecule has 94 valence electrons. The van der Waals surface area contributed by atoms with Gasteiger partial charge >= 0.3 is 0 Å². The maximum Gasteiger partial charge on any atom is 0.271 e. The van der Waals surface area contributed by atoms with Crippen molar-refractivity contribution in [2.24, 2.45) is 0 Å². The van der Waals surface area contributed by atoms with Gasteiger partial charge in [0.2, 0.25) is 0 Å². The minimum absolute atomic E-state index is 0.0858. The van der Waals surface area contributed by atoms with E-state index >= 15 is 0 Å². The SMILES string of the molecule is CCN1CCCC1CNC(=O)c1cc(C)[nH]n1. The molecule has 5 nitrogen and oxygen atoms in total. The lowest BCUT2D eigenvalue weighted by Crippen LogP contribution is -2.40. The summed E-state index contributed by atoms with van der Waals surface area (Å²) in [5, 5.41) is 9.68. The first-order valence-corrected chi connectivity index (χ1v) is 6.25. The molecule has 2 rings (SSSR count). The molecule has 1 aromatic rings. The van der Waals surface area contributed by atoms with E-state index in [1.54, 1.807) is 6.07 Å². The Morgan fingerprint density at radius 3 is 3.18 bits per heavy atom. The maximum atomic E-state index is 11.8. The van der Waals surface area contributed by atoms with Crippen molar-refractivity contribution in [1.29, 1.82) is 0 Å². The second-order valence-electron chi connectivity index (χ2n) is 4.57. The fraction of sp³-hybridized carbons (Fsp3) is 0.667. The van der Waals surface area contributed by atoms with Gasteiger partial charge in [-0.2, -0.15) is 5.10 Å². The molecule has 0 radical (unpaired) electrons. The summed E-state index contributed by atoms with van der Waals surface area (Å²) < 4.78 is 0. The zero-order chi connectivity index (χ0) is 12.3. The molecule has 1 saturated heterocycles. The van der Waals surface area contributed by atoms with Gasteiger partial charge in [-0.1, -0.05) is 6.92 Å². The number of amides is 1. The van der Waals surface area contributed by atoms with Crippen LogP contribution in [0.3, 0.4) is 0 Å². The van der Waals surface area contributed by atoms with Gasteiger partial charge in [-0.05, 0) is 38.9 Å². The maximum absolute atomic E-state index is 11.8. The molecule has 0 spiro atoms. The molecule has 1 fully saturated rings. The zero-order valence-electron chi connectivity index (χ0n) is 10.5. The van der Waals surface area contributed by atoms with Gasteiger partial charge in [-0.25, -0.2) is 0 Å². The average molecular weight is 236 g/mol. The van der Waals surface area contributed by atoms with Crippen molar-refractivity contribution in [3.8, 4) is 0 Å². The number of hydrogen-bond acceptors (Lipinski definition) is 3. The number of likely N-dealkylation sites (N-methyl/N-ethyl adjacent to an activating group) is 1. The summed E-state index contributed by atoms with van der Waals surface area (Å²) in [4.78, 5) is 14.2. The molecule has 5 heteroatoms. The van der Waals surface area contributed by atoms with Gasteiger partial charge < -0.3 is 5.32 Å². The highest BCUT2D eigenvalue weighted by Crippen LogP contribution is 2.15. The Bertz CT molecular complexity index is 388. The number of aryl methyl sites for hydroxylation is 1. The van der Waals surface area contributed by atoms with Crippen LogP contribution in [0.25, 0.3) is 0 Å². The average Bonchev–Trinajstić information content (AvgIpc) is 2.94. The van der Waals surface area contributed by atoms with E-state index in [4.69, 9.17) is 0 Å². The molecular formula is C12H20N4O. The van der Waals surface area contributed by atoms with Gasteiger partial charge in [0.1, 0.15) is 5.69 Å². The van der Waals surface area contributed by atoms with Gasteiger partial charge in [-0.3, -0.25) is 14.8 Å². The quantitative estimate of drug-likeness (QED) is 0.817. The smallest absolute Gasteiger partial charge is 0.271 e. The van der Waals surface area contributed by atoms with Crippen molar-refractivity contribution in [3.05, 3.63) is 17.5 Å². The van der Waals surface area contributed by atoms with E-state index in [1.165, 1.54) is 12.8 Å². The number of carbonyl (C=O) groups excluding carboxylic acids is 1. The lowest BCUT2D eigenvalue weighted by atomic mass is 10.2. The monoisotopic (exact) mass is 236 g/mol. The first-order chi connectivity index (χ1) is 8.20. The summed E-state index contributed by atoms with van der Waals surface area (Å²) in [5.74, 6) is -0.0858. The third kappa shape index (κ3) is 2.85. The van der Waals surface area contributed by atoms with Gasteiger partial charge in [0.05, 0.1) is 0 Å². The Balaban J connectivity index is 1.84. The van der Waals surface area contributed by atoms with Crippen LogP contribution < -0.4 is 5.32 Å². The highest BCUT2D eigenvalue weighted by Gasteiger charge is 2.23. The molecule has 2 N–H and O–H groups in total. The number of aromatic amines is 1. The van der Waals surface area contributed by atoms with Gasteiger partial charge in [0.15, 0.2) is 0 Å². The van der Waals surface area contributed by atoms with E-state index in [-0.39, 0.29) is 5.91 Å². The van der Waals surface area contributed by atoms with Crippen LogP contribution in [0.4, 0.5) is 0 Å². The topological polar surface area (TPSA) is 61.0 Å². The van der Waals surface area contributed by atoms with Crippen molar-refractivity contribution >= 4 is 5.91 Å². The number of hydrogen-bond donors (Lipinski definition) is 2. The Labute approximate surface area is 102 Å². The van der Waals surface area contributed by atoms with E-state index in [2.05, 4.69) is 27.3 Å². The molecule has 1 atom stereocenters. The molecule has 0 aromatic carbocycles. The summed E-state index contributed by atoms with van der Waals surface area (Å²) in [7, 11) is 0. The highest BCUT2D eigenvalue weighted by atomic mass is 16.1. The third-order valence-electron chi connectivity index (χ3n) is 3.34. The molecule has 0 bridgehead atoms. The highest BCUT2D eigenvalue weighted by molar-refractivity contribution is 5.92. The first-order valence-electron chi connectivity index (χ1n) is 6.25. The van der Waals surface area contributed by atoms with E-state index in [9.17, 15) is 4.79 Å². The summed E-state index contributed by atoms with van der Waals surface area (Å²) in [6.45, 7) is 6.98. The van der Waals surface area contributed by atoms with Crippen molar-refractivity contribution in [3.63, 3.8) is 0 Å². The lowest BCUT2D eigenvalue weighted by Gasteiger charge is -2.22. The van der Waals surface area contributed by atoms with Crippen molar-refractivity contribution in [1.82, 2.24) is 20.4 Å². The van der Waals surface area contributed by atoms with E-state index in [1.807, 2.05) is 6.92 Å². The van der Waals surface area contributed by atoms with Gasteiger partial charge in [0, 0.05) is 18.3 Å². The summed E-state index contributed by atoms with van der Waals surface area (Å²) in [6, 6.07) is 2.26. The van der Waals surface area contributed by atoms with Crippen LogP contribution in [-0.4, -0.2) is 46.7 Å². The molecule has 2 heterocycles. The van der Waals surface area contributed by atoms with Crippen LogP contribution in [0.2, 0.25) is 0 Å². The predicted molar refractivity (Wildman–Crippen MR) is 65.9 cm³/mol. The number of carbonyl (C=O) groups is 1. The number of nitrogens with zero attached hydrogens (tertiary/aromatic N) is 2. The van der Waals surface area contributed by atoms with E-state index in [0.29, 0.717) is 11.7 Å². The molecule has 1 amide bonds. The molecule has 1 aliphatic rings. The third-order valence-corrected chi connectivity index (χ3v) is 3.34. The van der Waals surface area contributed by atoms with E-state index in [0.717, 1.165) is 25.3 Å². The van der Waals surface area contributed by atoms with Crippen LogP contribution in [-0.2, 0) is 0 Å². The van der Waals surface area contributed by atoms with Crippen molar-refractivity contribution < 1.29 is 4.79 Å². The fourth-order valence-corrected chi connectivity index (χ4v) is 2.38.